The first-order chi connectivity index (χ1) is 8.24. The molecule has 17 heavy (non-hydrogen) atoms. The molecule has 1 atom stereocenters. The van der Waals surface area contributed by atoms with Gasteiger partial charge in [0.15, 0.2) is 0 Å². The molecule has 0 spiro atoms. The minimum Gasteiger partial charge on any atom is -0.480 e. The van der Waals surface area contributed by atoms with Crippen LogP contribution in [0.25, 0.3) is 0 Å². The van der Waals surface area contributed by atoms with Gasteiger partial charge in [-0.05, 0) is 31.7 Å². The van der Waals surface area contributed by atoms with Crippen LogP contribution in [0.3, 0.4) is 0 Å². The van der Waals surface area contributed by atoms with E-state index in [2.05, 4.69) is 12.2 Å². The van der Waals surface area contributed by atoms with Crippen LogP contribution in [0, 0.1) is 5.92 Å². The van der Waals surface area contributed by atoms with Gasteiger partial charge in [-0.2, -0.15) is 0 Å². The predicted octanol–water partition coefficient (Wildman–Crippen LogP) is 3.19. The first-order valence-corrected chi connectivity index (χ1v) is 7.20. The lowest BCUT2D eigenvalue weighted by molar-refractivity contribution is -0.139. The molecule has 1 fully saturated rings. The number of carbonyl (C=O) groups is 1. The van der Waals surface area contributed by atoms with E-state index in [1.54, 1.807) is 0 Å². The molecule has 3 nitrogen and oxygen atoms in total. The van der Waals surface area contributed by atoms with Crippen LogP contribution in [0.4, 0.5) is 0 Å². The lowest BCUT2D eigenvalue weighted by Gasteiger charge is -2.15. The number of rotatable bonds is 9. The van der Waals surface area contributed by atoms with E-state index in [0.717, 1.165) is 38.1 Å². The van der Waals surface area contributed by atoms with Gasteiger partial charge in [0.2, 0.25) is 0 Å². The Hall–Kier alpha value is -0.570. The zero-order valence-electron chi connectivity index (χ0n) is 11.1. The van der Waals surface area contributed by atoms with Crippen LogP contribution >= 0.6 is 0 Å². The van der Waals surface area contributed by atoms with E-state index in [0.29, 0.717) is 0 Å². The first kappa shape index (κ1) is 14.5. The van der Waals surface area contributed by atoms with Crippen LogP contribution in [0.2, 0.25) is 0 Å². The molecule has 0 aromatic carbocycles. The molecule has 100 valence electrons. The van der Waals surface area contributed by atoms with Gasteiger partial charge in [-0.1, -0.05) is 45.4 Å². The molecule has 2 N–H and O–H groups in total. The van der Waals surface area contributed by atoms with Crippen molar-refractivity contribution in [1.29, 1.82) is 0 Å². The Balaban J connectivity index is 2.06. The molecule has 1 saturated carbocycles. The molecule has 3 heteroatoms. The number of unbranched alkanes of at least 4 members (excludes halogenated alkanes) is 1. The molecule has 0 saturated heterocycles. The van der Waals surface area contributed by atoms with Gasteiger partial charge in [-0.3, -0.25) is 4.79 Å². The second-order valence-corrected chi connectivity index (χ2v) is 5.28. The van der Waals surface area contributed by atoms with Gasteiger partial charge in [0, 0.05) is 0 Å². The number of hydrogen-bond acceptors (Lipinski definition) is 2. The van der Waals surface area contributed by atoms with Gasteiger partial charge in [0.25, 0.3) is 0 Å². The van der Waals surface area contributed by atoms with Crippen LogP contribution in [-0.2, 0) is 4.79 Å². The average molecular weight is 241 g/mol. The molecule has 0 bridgehead atoms. The largest absolute Gasteiger partial charge is 0.480 e. The SMILES string of the molecule is CCCCC(NCCCC1CCCC1)C(=O)O. The average Bonchev–Trinajstić information content (AvgIpc) is 2.80. The molecule has 0 heterocycles. The van der Waals surface area contributed by atoms with E-state index in [4.69, 9.17) is 5.11 Å². The van der Waals surface area contributed by atoms with Crippen LogP contribution in [0.5, 0.6) is 0 Å². The quantitative estimate of drug-likeness (QED) is 0.609. The van der Waals surface area contributed by atoms with Crippen molar-refractivity contribution in [2.24, 2.45) is 5.92 Å². The van der Waals surface area contributed by atoms with Crippen molar-refractivity contribution in [2.45, 2.75) is 70.8 Å². The summed E-state index contributed by atoms with van der Waals surface area (Å²) in [4.78, 5) is 11.0. The zero-order chi connectivity index (χ0) is 12.5. The van der Waals surface area contributed by atoms with Crippen molar-refractivity contribution < 1.29 is 9.90 Å². The Morgan fingerprint density at radius 3 is 2.65 bits per heavy atom. The van der Waals surface area contributed by atoms with Gasteiger partial charge in [0.1, 0.15) is 6.04 Å². The van der Waals surface area contributed by atoms with E-state index in [9.17, 15) is 4.79 Å². The van der Waals surface area contributed by atoms with Crippen LogP contribution in [0.1, 0.15) is 64.7 Å². The maximum atomic E-state index is 11.0. The number of hydrogen-bond donors (Lipinski definition) is 2. The smallest absolute Gasteiger partial charge is 0.320 e. The van der Waals surface area contributed by atoms with Crippen LogP contribution in [-0.4, -0.2) is 23.7 Å². The molecular formula is C14H27NO2. The highest BCUT2D eigenvalue weighted by atomic mass is 16.4. The highest BCUT2D eigenvalue weighted by Gasteiger charge is 2.17. The van der Waals surface area contributed by atoms with E-state index in [-0.39, 0.29) is 6.04 Å². The fraction of sp³-hybridized carbons (Fsp3) is 0.929. The number of carboxylic acid groups (broad SMARTS) is 1. The Bertz CT molecular complexity index is 212. The van der Waals surface area contributed by atoms with Gasteiger partial charge in [-0.15, -0.1) is 0 Å². The van der Waals surface area contributed by atoms with Crippen molar-refractivity contribution in [3.05, 3.63) is 0 Å². The number of nitrogens with one attached hydrogen (secondary N) is 1. The van der Waals surface area contributed by atoms with E-state index in [1.807, 2.05) is 0 Å². The van der Waals surface area contributed by atoms with Gasteiger partial charge < -0.3 is 10.4 Å². The third-order valence-electron chi connectivity index (χ3n) is 3.80. The highest BCUT2D eigenvalue weighted by molar-refractivity contribution is 5.73. The standard InChI is InChI=1S/C14H27NO2/c1-2-3-10-13(14(16)17)15-11-6-9-12-7-4-5-8-12/h12-13,15H,2-11H2,1H3,(H,16,17). The second kappa shape index (κ2) is 8.51. The van der Waals surface area contributed by atoms with Crippen molar-refractivity contribution in [3.63, 3.8) is 0 Å². The molecule has 1 aliphatic carbocycles. The molecule has 0 aliphatic heterocycles. The summed E-state index contributed by atoms with van der Waals surface area (Å²) in [6.45, 7) is 2.95. The fourth-order valence-electron chi connectivity index (χ4n) is 2.69. The normalized spacial score (nSPS) is 18.4. The topological polar surface area (TPSA) is 49.3 Å². The van der Waals surface area contributed by atoms with Gasteiger partial charge >= 0.3 is 5.97 Å². The van der Waals surface area contributed by atoms with Crippen molar-refractivity contribution >= 4 is 5.97 Å². The highest BCUT2D eigenvalue weighted by Crippen LogP contribution is 2.28. The Morgan fingerprint density at radius 2 is 2.06 bits per heavy atom. The van der Waals surface area contributed by atoms with Crippen LogP contribution in [0.15, 0.2) is 0 Å². The molecule has 1 unspecified atom stereocenters. The van der Waals surface area contributed by atoms with Crippen molar-refractivity contribution in [3.8, 4) is 0 Å². The Morgan fingerprint density at radius 1 is 1.35 bits per heavy atom. The molecule has 1 rings (SSSR count). The Labute approximate surface area is 105 Å². The van der Waals surface area contributed by atoms with Crippen LogP contribution < -0.4 is 5.32 Å². The summed E-state index contributed by atoms with van der Waals surface area (Å²) in [5, 5.41) is 12.2. The minimum absolute atomic E-state index is 0.335. The molecule has 1 aliphatic rings. The lowest BCUT2D eigenvalue weighted by Crippen LogP contribution is -2.37. The number of aliphatic carboxylic acids is 1. The summed E-state index contributed by atoms with van der Waals surface area (Å²) < 4.78 is 0. The second-order valence-electron chi connectivity index (χ2n) is 5.28. The molecule has 0 aromatic heterocycles. The maximum Gasteiger partial charge on any atom is 0.320 e. The molecular weight excluding hydrogens is 214 g/mol. The van der Waals surface area contributed by atoms with Crippen molar-refractivity contribution in [2.75, 3.05) is 6.54 Å². The molecule has 0 radical (unpaired) electrons. The molecule has 0 aromatic rings. The Kier molecular flexibility index (Phi) is 7.25. The maximum absolute atomic E-state index is 11.0. The summed E-state index contributed by atoms with van der Waals surface area (Å²) in [6.07, 6.45) is 10.8. The summed E-state index contributed by atoms with van der Waals surface area (Å²) in [6, 6.07) is -0.335. The third kappa shape index (κ3) is 6.06. The summed E-state index contributed by atoms with van der Waals surface area (Å²) in [5.74, 6) is 0.218. The van der Waals surface area contributed by atoms with Crippen molar-refractivity contribution in [1.82, 2.24) is 5.32 Å². The summed E-state index contributed by atoms with van der Waals surface area (Å²) in [7, 11) is 0. The zero-order valence-corrected chi connectivity index (χ0v) is 11.1. The third-order valence-corrected chi connectivity index (χ3v) is 3.80. The predicted molar refractivity (Wildman–Crippen MR) is 70.1 cm³/mol. The minimum atomic E-state index is -0.695. The van der Waals surface area contributed by atoms with E-state index in [1.165, 1.54) is 32.1 Å². The van der Waals surface area contributed by atoms with Gasteiger partial charge in [0.05, 0.1) is 0 Å². The van der Waals surface area contributed by atoms with E-state index < -0.39 is 5.97 Å². The number of carboxylic acids is 1. The molecule has 0 amide bonds. The van der Waals surface area contributed by atoms with Gasteiger partial charge in [-0.25, -0.2) is 0 Å². The van der Waals surface area contributed by atoms with E-state index >= 15 is 0 Å². The summed E-state index contributed by atoms with van der Waals surface area (Å²) >= 11 is 0. The monoisotopic (exact) mass is 241 g/mol. The lowest BCUT2D eigenvalue weighted by atomic mass is 10.0. The summed E-state index contributed by atoms with van der Waals surface area (Å²) in [5.41, 5.74) is 0. The first-order valence-electron chi connectivity index (χ1n) is 7.20. The fourth-order valence-corrected chi connectivity index (χ4v) is 2.69.